The second-order valence-electron chi connectivity index (χ2n) is 7.18. The first-order valence-corrected chi connectivity index (χ1v) is 11.7. The molecule has 2 aliphatic rings. The van der Waals surface area contributed by atoms with E-state index < -0.39 is 33.8 Å². The van der Waals surface area contributed by atoms with Crippen molar-refractivity contribution < 1.29 is 14.5 Å². The highest BCUT2D eigenvalue weighted by molar-refractivity contribution is 8.00. The Labute approximate surface area is 198 Å². The van der Waals surface area contributed by atoms with Crippen LogP contribution < -0.4 is 9.77 Å². The number of imide groups is 1. The summed E-state index contributed by atoms with van der Waals surface area (Å²) in [6.07, 6.45) is 0. The molecule has 0 radical (unpaired) electrons. The van der Waals surface area contributed by atoms with Crippen LogP contribution in [0.15, 0.2) is 52.3 Å². The molecule has 0 unspecified atom stereocenters. The molecule has 0 saturated carbocycles. The molecule has 1 saturated heterocycles. The number of benzene rings is 2. The van der Waals surface area contributed by atoms with Crippen LogP contribution in [0.1, 0.15) is 16.4 Å². The van der Waals surface area contributed by atoms with Gasteiger partial charge in [0.15, 0.2) is 0 Å². The molecule has 3 heterocycles. The Hall–Kier alpha value is -2.66. The number of fused-ring (bicyclic) bond motifs is 2. The van der Waals surface area contributed by atoms with E-state index in [1.54, 1.807) is 18.2 Å². The van der Waals surface area contributed by atoms with Crippen molar-refractivity contribution in [1.82, 2.24) is 4.98 Å². The van der Waals surface area contributed by atoms with Crippen molar-refractivity contribution in [2.45, 2.75) is 16.2 Å². The van der Waals surface area contributed by atoms with E-state index in [0.717, 1.165) is 28.0 Å². The largest absolute Gasteiger partial charge is 0.307 e. The molecule has 2 amide bonds. The Morgan fingerprint density at radius 1 is 1.03 bits per heavy atom. The number of non-ortho nitro benzene ring substituents is 1. The maximum absolute atomic E-state index is 13.6. The van der Waals surface area contributed by atoms with Crippen molar-refractivity contribution in [2.24, 2.45) is 5.92 Å². The monoisotopic (exact) mass is 507 g/mol. The van der Waals surface area contributed by atoms with Gasteiger partial charge in [-0.2, -0.15) is 0 Å². The Morgan fingerprint density at radius 3 is 2.44 bits per heavy atom. The molecular weight excluding hydrogens is 497 g/mol. The number of hydrogen-bond donors (Lipinski definition) is 1. The van der Waals surface area contributed by atoms with Gasteiger partial charge in [-0.05, 0) is 23.8 Å². The van der Waals surface area contributed by atoms with Crippen molar-refractivity contribution in [3.05, 3.63) is 82.7 Å². The molecule has 3 atom stereocenters. The lowest BCUT2D eigenvalue weighted by Gasteiger charge is -2.30. The summed E-state index contributed by atoms with van der Waals surface area (Å²) in [5.41, 5.74) is 0.647. The third kappa shape index (κ3) is 3.17. The molecular formula is C20H11Cl2N3O5S2. The number of anilines is 1. The van der Waals surface area contributed by atoms with E-state index in [9.17, 15) is 24.5 Å². The number of amides is 2. The summed E-state index contributed by atoms with van der Waals surface area (Å²) in [5.74, 6) is -2.39. The summed E-state index contributed by atoms with van der Waals surface area (Å²) in [6.45, 7) is 0. The van der Waals surface area contributed by atoms with Crippen LogP contribution in [0.2, 0.25) is 10.0 Å². The van der Waals surface area contributed by atoms with E-state index >= 15 is 0 Å². The van der Waals surface area contributed by atoms with Crippen LogP contribution in [0.4, 0.5) is 11.4 Å². The Bertz CT molecular complexity index is 1350. The fourth-order valence-corrected chi connectivity index (χ4v) is 7.02. The quantitative estimate of drug-likeness (QED) is 0.318. The molecule has 2 aromatic carbocycles. The molecule has 0 aliphatic carbocycles. The molecule has 32 heavy (non-hydrogen) atoms. The summed E-state index contributed by atoms with van der Waals surface area (Å²) >= 11 is 14.8. The number of halogens is 2. The number of carbonyl (C=O) groups is 2. The number of H-pyrrole nitrogens is 1. The highest BCUT2D eigenvalue weighted by Crippen LogP contribution is 2.54. The SMILES string of the molecule is O=C1[C@H]2[C@H](c3cccc(Cl)c3Cl)c3sc(=O)[nH]c3S[C@H]2C(=O)N1c1ccc([N+](=O)[O-])cc1. The zero-order chi connectivity index (χ0) is 22.7. The number of aromatic nitrogens is 1. The molecule has 0 bridgehead atoms. The minimum atomic E-state index is -0.822. The minimum absolute atomic E-state index is 0.150. The van der Waals surface area contributed by atoms with Gasteiger partial charge in [-0.15, -0.1) is 0 Å². The molecule has 12 heteroatoms. The second-order valence-corrected chi connectivity index (χ2v) is 10.1. The summed E-state index contributed by atoms with van der Waals surface area (Å²) in [5, 5.41) is 11.2. The Kier molecular flexibility index (Phi) is 5.12. The van der Waals surface area contributed by atoms with Crippen LogP contribution in [-0.4, -0.2) is 27.0 Å². The number of carbonyl (C=O) groups excluding carboxylic acids is 2. The molecule has 1 fully saturated rings. The lowest BCUT2D eigenvalue weighted by Crippen LogP contribution is -2.32. The lowest BCUT2D eigenvalue weighted by molar-refractivity contribution is -0.384. The van der Waals surface area contributed by atoms with E-state index in [0.29, 0.717) is 20.5 Å². The summed E-state index contributed by atoms with van der Waals surface area (Å²) < 4.78 is 0. The molecule has 1 aromatic heterocycles. The fourth-order valence-electron chi connectivity index (χ4n) is 4.09. The number of nitrogens with zero attached hydrogens (tertiary/aromatic N) is 2. The Balaban J connectivity index is 1.64. The predicted octanol–water partition coefficient (Wildman–Crippen LogP) is 4.45. The zero-order valence-corrected chi connectivity index (χ0v) is 18.9. The third-order valence-electron chi connectivity index (χ3n) is 5.46. The van der Waals surface area contributed by atoms with E-state index in [-0.39, 0.29) is 21.3 Å². The summed E-state index contributed by atoms with van der Waals surface area (Å²) in [7, 11) is 0. The highest BCUT2D eigenvalue weighted by atomic mass is 35.5. The van der Waals surface area contributed by atoms with Gasteiger partial charge in [-0.3, -0.25) is 24.5 Å². The van der Waals surface area contributed by atoms with Crippen molar-refractivity contribution in [3.8, 4) is 0 Å². The molecule has 0 spiro atoms. The van der Waals surface area contributed by atoms with E-state index in [4.69, 9.17) is 23.2 Å². The van der Waals surface area contributed by atoms with Gasteiger partial charge in [0.2, 0.25) is 11.8 Å². The maximum atomic E-state index is 13.6. The van der Waals surface area contributed by atoms with Gasteiger partial charge in [-0.1, -0.05) is 58.4 Å². The number of nitro groups is 1. The second kappa shape index (κ2) is 7.73. The number of thiazole rings is 1. The number of nitro benzene ring substituents is 1. The zero-order valence-electron chi connectivity index (χ0n) is 15.8. The van der Waals surface area contributed by atoms with Gasteiger partial charge in [-0.25, -0.2) is 4.90 Å². The number of rotatable bonds is 3. The van der Waals surface area contributed by atoms with E-state index in [1.165, 1.54) is 24.3 Å². The first kappa shape index (κ1) is 21.2. The average Bonchev–Trinajstić information content (AvgIpc) is 3.25. The number of aromatic amines is 1. The van der Waals surface area contributed by atoms with Gasteiger partial charge in [0.05, 0.1) is 31.6 Å². The maximum Gasteiger partial charge on any atom is 0.305 e. The fraction of sp³-hybridized carbons (Fsp3) is 0.150. The number of hydrogen-bond acceptors (Lipinski definition) is 7. The molecule has 162 valence electrons. The van der Waals surface area contributed by atoms with Crippen molar-refractivity contribution in [2.75, 3.05) is 4.90 Å². The Morgan fingerprint density at radius 2 is 1.75 bits per heavy atom. The molecule has 2 aliphatic heterocycles. The van der Waals surface area contributed by atoms with Crippen LogP contribution in [-0.2, 0) is 9.59 Å². The number of thioether (sulfide) groups is 1. The first-order chi connectivity index (χ1) is 15.3. The van der Waals surface area contributed by atoms with Crippen LogP contribution in [0.5, 0.6) is 0 Å². The van der Waals surface area contributed by atoms with Crippen molar-refractivity contribution in [3.63, 3.8) is 0 Å². The first-order valence-electron chi connectivity index (χ1n) is 9.23. The van der Waals surface area contributed by atoms with Crippen LogP contribution >= 0.6 is 46.3 Å². The average molecular weight is 508 g/mol. The summed E-state index contributed by atoms with van der Waals surface area (Å²) in [6, 6.07) is 10.3. The molecule has 5 rings (SSSR count). The normalized spacial score (nSPS) is 22.1. The number of nitrogens with one attached hydrogen (secondary N) is 1. The topological polar surface area (TPSA) is 113 Å². The minimum Gasteiger partial charge on any atom is -0.307 e. The predicted molar refractivity (Wildman–Crippen MR) is 122 cm³/mol. The molecule has 8 nitrogen and oxygen atoms in total. The van der Waals surface area contributed by atoms with Crippen molar-refractivity contribution in [1.29, 1.82) is 0 Å². The molecule has 3 aromatic rings. The van der Waals surface area contributed by atoms with Crippen LogP contribution in [0.3, 0.4) is 0 Å². The lowest BCUT2D eigenvalue weighted by atomic mass is 9.83. The van der Waals surface area contributed by atoms with Crippen LogP contribution in [0, 0.1) is 16.0 Å². The van der Waals surface area contributed by atoms with Gasteiger partial charge in [0.25, 0.3) is 5.69 Å². The third-order valence-corrected chi connectivity index (χ3v) is 8.69. The highest BCUT2D eigenvalue weighted by Gasteiger charge is 2.56. The van der Waals surface area contributed by atoms with Gasteiger partial charge in [0.1, 0.15) is 5.25 Å². The van der Waals surface area contributed by atoms with Crippen LogP contribution in [0.25, 0.3) is 0 Å². The summed E-state index contributed by atoms with van der Waals surface area (Å²) in [4.78, 5) is 53.5. The van der Waals surface area contributed by atoms with Crippen molar-refractivity contribution >= 4 is 69.5 Å². The van der Waals surface area contributed by atoms with E-state index in [2.05, 4.69) is 4.98 Å². The van der Waals surface area contributed by atoms with Gasteiger partial charge >= 0.3 is 4.87 Å². The van der Waals surface area contributed by atoms with Gasteiger partial charge < -0.3 is 4.98 Å². The van der Waals surface area contributed by atoms with E-state index in [1.807, 2.05) is 0 Å². The molecule has 1 N–H and O–H groups in total. The smallest absolute Gasteiger partial charge is 0.305 e. The standard InChI is InChI=1S/C20H11Cl2N3O5S2/c21-11-3-1-2-10(14(11)22)12-13-16(31-17-15(12)32-20(28)23-17)19(27)24(18(13)26)8-4-6-9(7-5-8)25(29)30/h1-7,12-13,16H,(H,23,28)/t12-,13-,16+/m0/s1. The van der Waals surface area contributed by atoms with Gasteiger partial charge in [0, 0.05) is 22.9 Å².